The van der Waals surface area contributed by atoms with Gasteiger partial charge in [0, 0.05) is 24.7 Å². The Hall–Kier alpha value is -0.940. The predicted octanol–water partition coefficient (Wildman–Crippen LogP) is 4.14. The molecule has 0 radical (unpaired) electrons. The SMILES string of the molecule is CCOC(=O)CC[C@]1(O)C(C)[C@@H](C)C2C3C4CC4[C@]4(O)CC(=O)CC[C@]4(C)C3CC[C@@]21C. The smallest absolute Gasteiger partial charge is 0.305 e. The summed E-state index contributed by atoms with van der Waals surface area (Å²) in [5.74, 6) is 2.47. The fourth-order valence-corrected chi connectivity index (χ4v) is 10.00. The van der Waals surface area contributed by atoms with Crippen LogP contribution in [0.5, 0.6) is 0 Å². The molecule has 0 heterocycles. The Morgan fingerprint density at radius 3 is 2.53 bits per heavy atom. The molecule has 2 N–H and O–H groups in total. The van der Waals surface area contributed by atoms with E-state index in [1.807, 2.05) is 6.92 Å². The van der Waals surface area contributed by atoms with Gasteiger partial charge in [-0.1, -0.05) is 27.7 Å². The van der Waals surface area contributed by atoms with E-state index in [9.17, 15) is 19.8 Å². The Morgan fingerprint density at radius 1 is 1.12 bits per heavy atom. The van der Waals surface area contributed by atoms with Gasteiger partial charge in [0.1, 0.15) is 5.78 Å². The molecule has 0 aromatic carbocycles. The lowest BCUT2D eigenvalue weighted by Crippen LogP contribution is -2.65. The monoisotopic (exact) mass is 446 g/mol. The van der Waals surface area contributed by atoms with Gasteiger partial charge in [0.25, 0.3) is 0 Å². The highest BCUT2D eigenvalue weighted by molar-refractivity contribution is 5.81. The van der Waals surface area contributed by atoms with Crippen molar-refractivity contribution in [2.24, 2.45) is 52.3 Å². The molecular weight excluding hydrogens is 404 g/mol. The maximum atomic E-state index is 12.3. The van der Waals surface area contributed by atoms with Crippen LogP contribution in [0.25, 0.3) is 0 Å². The van der Waals surface area contributed by atoms with Crippen molar-refractivity contribution in [2.45, 2.75) is 97.2 Å². The van der Waals surface area contributed by atoms with Crippen molar-refractivity contribution < 1.29 is 24.5 Å². The van der Waals surface area contributed by atoms with E-state index in [4.69, 9.17) is 4.74 Å². The minimum Gasteiger partial charge on any atom is -0.466 e. The van der Waals surface area contributed by atoms with Crippen LogP contribution in [-0.4, -0.2) is 39.8 Å². The van der Waals surface area contributed by atoms with Crippen molar-refractivity contribution in [3.8, 4) is 0 Å². The zero-order valence-electron chi connectivity index (χ0n) is 20.5. The fraction of sp³-hybridized carbons (Fsp3) is 0.926. The van der Waals surface area contributed by atoms with Crippen LogP contribution in [0.3, 0.4) is 0 Å². The second-order valence-corrected chi connectivity index (χ2v) is 12.6. The number of rotatable bonds is 4. The molecule has 32 heavy (non-hydrogen) atoms. The molecule has 180 valence electrons. The summed E-state index contributed by atoms with van der Waals surface area (Å²) in [7, 11) is 0. The molecule has 0 aromatic rings. The van der Waals surface area contributed by atoms with Crippen LogP contribution in [0.2, 0.25) is 0 Å². The standard InChI is InChI=1S/C27H42O5/c1-6-32-21(29)9-12-26(30)16(3)15(2)23-22-18-13-20(18)27(31)14-17(28)7-10-24(27,4)19(22)8-11-25(23,26)5/h15-16,18-20,22-23,30-31H,6-14H2,1-5H3/t15-,16?,18?,19?,20?,22?,23?,24-,25+,26+,27-/m1/s1. The highest BCUT2D eigenvalue weighted by Crippen LogP contribution is 2.78. The molecule has 5 aliphatic rings. The lowest BCUT2D eigenvalue weighted by molar-refractivity contribution is -0.220. The second-order valence-electron chi connectivity index (χ2n) is 12.6. The van der Waals surface area contributed by atoms with Crippen molar-refractivity contribution >= 4 is 11.8 Å². The summed E-state index contributed by atoms with van der Waals surface area (Å²) < 4.78 is 5.17. The van der Waals surface area contributed by atoms with E-state index in [2.05, 4.69) is 27.7 Å². The average molecular weight is 447 g/mol. The van der Waals surface area contributed by atoms with E-state index in [0.29, 0.717) is 55.5 Å². The van der Waals surface area contributed by atoms with Gasteiger partial charge in [-0.3, -0.25) is 9.59 Å². The number of hydrogen-bond donors (Lipinski definition) is 2. The van der Waals surface area contributed by atoms with Gasteiger partial charge in [0.15, 0.2) is 0 Å². The van der Waals surface area contributed by atoms with Gasteiger partial charge in [-0.2, -0.15) is 0 Å². The first-order valence-corrected chi connectivity index (χ1v) is 13.1. The first kappa shape index (κ1) is 22.8. The number of ketones is 1. The minimum atomic E-state index is -0.879. The van der Waals surface area contributed by atoms with Gasteiger partial charge in [0.05, 0.1) is 17.8 Å². The fourth-order valence-electron chi connectivity index (χ4n) is 10.00. The molecule has 5 rings (SSSR count). The summed E-state index contributed by atoms with van der Waals surface area (Å²) >= 11 is 0. The molecule has 0 spiro atoms. The van der Waals surface area contributed by atoms with Crippen molar-refractivity contribution in [2.75, 3.05) is 6.61 Å². The molecular formula is C27H42O5. The van der Waals surface area contributed by atoms with E-state index >= 15 is 0 Å². The number of Topliss-reactive ketones (excluding diaryl/α,β-unsaturated/α-hetero) is 1. The van der Waals surface area contributed by atoms with Crippen molar-refractivity contribution in [1.29, 1.82) is 0 Å². The van der Waals surface area contributed by atoms with Crippen LogP contribution in [0.15, 0.2) is 0 Å². The van der Waals surface area contributed by atoms with E-state index in [1.165, 1.54) is 0 Å². The molecule has 0 saturated heterocycles. The Balaban J connectivity index is 1.48. The van der Waals surface area contributed by atoms with E-state index in [-0.39, 0.29) is 40.8 Å². The summed E-state index contributed by atoms with van der Waals surface area (Å²) in [6.45, 7) is 11.2. The van der Waals surface area contributed by atoms with Crippen LogP contribution >= 0.6 is 0 Å². The maximum Gasteiger partial charge on any atom is 0.305 e. The number of carbonyl (C=O) groups excluding carboxylic acids is 2. The summed E-state index contributed by atoms with van der Waals surface area (Å²) in [5, 5.41) is 24.0. The zero-order valence-corrected chi connectivity index (χ0v) is 20.5. The highest BCUT2D eigenvalue weighted by Gasteiger charge is 2.77. The lowest BCUT2D eigenvalue weighted by atomic mass is 9.42. The zero-order chi connectivity index (χ0) is 23.3. The van der Waals surface area contributed by atoms with Gasteiger partial charge in [0.2, 0.25) is 0 Å². The molecule has 5 fully saturated rings. The Bertz CT molecular complexity index is 825. The third kappa shape index (κ3) is 2.64. The topological polar surface area (TPSA) is 83.8 Å². The number of hydrogen-bond acceptors (Lipinski definition) is 5. The lowest BCUT2D eigenvalue weighted by Gasteiger charge is -2.63. The molecule has 5 aliphatic carbocycles. The van der Waals surface area contributed by atoms with Gasteiger partial charge >= 0.3 is 5.97 Å². The summed E-state index contributed by atoms with van der Waals surface area (Å²) in [6.07, 6.45) is 5.40. The van der Waals surface area contributed by atoms with Gasteiger partial charge < -0.3 is 14.9 Å². The Labute approximate surface area is 192 Å². The molecule has 5 heteroatoms. The summed E-state index contributed by atoms with van der Waals surface area (Å²) in [6, 6.07) is 0. The third-order valence-electron chi connectivity index (χ3n) is 11.8. The molecule has 0 aliphatic heterocycles. The van der Waals surface area contributed by atoms with Gasteiger partial charge in [-0.25, -0.2) is 0 Å². The number of ether oxygens (including phenoxy) is 1. The molecule has 5 saturated carbocycles. The normalized spacial score (nSPS) is 56.0. The van der Waals surface area contributed by atoms with Crippen molar-refractivity contribution in [3.63, 3.8) is 0 Å². The van der Waals surface area contributed by atoms with E-state index < -0.39 is 11.2 Å². The Morgan fingerprint density at radius 2 is 1.84 bits per heavy atom. The average Bonchev–Trinajstić information content (AvgIpc) is 3.52. The first-order valence-electron chi connectivity index (χ1n) is 13.1. The molecule has 0 bridgehead atoms. The quantitative estimate of drug-likeness (QED) is 0.634. The molecule has 0 amide bonds. The third-order valence-corrected chi connectivity index (χ3v) is 11.8. The van der Waals surface area contributed by atoms with Gasteiger partial charge in [-0.05, 0) is 85.9 Å². The van der Waals surface area contributed by atoms with Gasteiger partial charge in [-0.15, -0.1) is 0 Å². The van der Waals surface area contributed by atoms with Crippen molar-refractivity contribution in [1.82, 2.24) is 0 Å². The number of carbonyl (C=O) groups is 2. The van der Waals surface area contributed by atoms with Crippen LogP contribution in [0.4, 0.5) is 0 Å². The number of fused-ring (bicyclic) bond motifs is 8. The number of esters is 1. The predicted molar refractivity (Wildman–Crippen MR) is 120 cm³/mol. The highest BCUT2D eigenvalue weighted by atomic mass is 16.5. The largest absolute Gasteiger partial charge is 0.466 e. The maximum absolute atomic E-state index is 12.3. The minimum absolute atomic E-state index is 0.115. The van der Waals surface area contributed by atoms with Crippen molar-refractivity contribution in [3.05, 3.63) is 0 Å². The summed E-state index contributed by atoms with van der Waals surface area (Å²) in [5.41, 5.74) is -2.16. The van der Waals surface area contributed by atoms with Crippen LogP contribution in [0.1, 0.15) is 86.0 Å². The second kappa shape index (κ2) is 7.04. The van der Waals surface area contributed by atoms with E-state index in [1.54, 1.807) is 0 Å². The summed E-state index contributed by atoms with van der Waals surface area (Å²) in [4.78, 5) is 24.5. The van der Waals surface area contributed by atoms with Crippen LogP contribution in [-0.2, 0) is 14.3 Å². The molecule has 0 aromatic heterocycles. The first-order chi connectivity index (χ1) is 14.9. The van der Waals surface area contributed by atoms with Crippen LogP contribution < -0.4 is 0 Å². The molecule has 11 atom stereocenters. The van der Waals surface area contributed by atoms with E-state index in [0.717, 1.165) is 25.7 Å². The number of aliphatic hydroxyl groups is 2. The Kier molecular flexibility index (Phi) is 5.02. The van der Waals surface area contributed by atoms with Crippen LogP contribution in [0, 0.1) is 52.3 Å². The molecule has 5 nitrogen and oxygen atoms in total. The molecule has 6 unspecified atom stereocenters.